The Hall–Kier alpha value is -1.80. The summed E-state index contributed by atoms with van der Waals surface area (Å²) in [5, 5.41) is 3.72. The molecule has 0 saturated carbocycles. The fourth-order valence-electron chi connectivity index (χ4n) is 2.99. The first-order chi connectivity index (χ1) is 10.2. The van der Waals surface area contributed by atoms with Crippen molar-refractivity contribution >= 4 is 23.2 Å². The van der Waals surface area contributed by atoms with Crippen molar-refractivity contribution in [2.45, 2.75) is 32.1 Å². The predicted octanol–water partition coefficient (Wildman–Crippen LogP) is 4.71. The average molecular weight is 300 g/mol. The lowest BCUT2D eigenvalue weighted by Gasteiger charge is -2.25. The molecule has 1 aliphatic carbocycles. The fraction of sp³-hybridized carbons (Fsp3) is 0.278. The topological polar surface area (TPSA) is 29.1 Å². The van der Waals surface area contributed by atoms with Crippen LogP contribution in [-0.2, 0) is 11.2 Å². The molecule has 0 aliphatic heterocycles. The van der Waals surface area contributed by atoms with Gasteiger partial charge in [-0.2, -0.15) is 0 Å². The van der Waals surface area contributed by atoms with E-state index in [2.05, 4.69) is 17.4 Å². The van der Waals surface area contributed by atoms with Crippen molar-refractivity contribution in [3.8, 4) is 0 Å². The third kappa shape index (κ3) is 2.81. The minimum atomic E-state index is -0.0617. The van der Waals surface area contributed by atoms with Gasteiger partial charge in [0.25, 0.3) is 0 Å². The van der Waals surface area contributed by atoms with E-state index in [4.69, 9.17) is 11.6 Å². The standard InChI is InChI=1S/C18H18ClNO/c1-12-16(19)10-5-11-17(12)20-18(21)15-9-4-7-13-6-2-3-8-14(13)15/h2-3,5-6,8,10-11,15H,4,7,9H2,1H3,(H,20,21)/t15-/m1/s1. The summed E-state index contributed by atoms with van der Waals surface area (Å²) in [4.78, 5) is 12.6. The van der Waals surface area contributed by atoms with Crippen molar-refractivity contribution in [2.24, 2.45) is 0 Å². The molecule has 0 saturated heterocycles. The Labute approximate surface area is 130 Å². The number of nitrogens with one attached hydrogen (secondary N) is 1. The number of hydrogen-bond donors (Lipinski definition) is 1. The average Bonchev–Trinajstić information content (AvgIpc) is 2.51. The maximum atomic E-state index is 12.6. The molecule has 2 aromatic carbocycles. The van der Waals surface area contributed by atoms with Crippen molar-refractivity contribution in [1.29, 1.82) is 0 Å². The number of rotatable bonds is 2. The van der Waals surface area contributed by atoms with Gasteiger partial charge in [-0.05, 0) is 55.0 Å². The molecule has 0 radical (unpaired) electrons. The van der Waals surface area contributed by atoms with Crippen molar-refractivity contribution in [1.82, 2.24) is 0 Å². The Morgan fingerprint density at radius 2 is 2.00 bits per heavy atom. The van der Waals surface area contributed by atoms with Gasteiger partial charge in [-0.1, -0.05) is 41.9 Å². The Morgan fingerprint density at radius 3 is 2.86 bits per heavy atom. The molecular formula is C18H18ClNO. The zero-order valence-corrected chi connectivity index (χ0v) is 12.8. The number of benzene rings is 2. The highest BCUT2D eigenvalue weighted by atomic mass is 35.5. The molecule has 3 heteroatoms. The molecule has 21 heavy (non-hydrogen) atoms. The van der Waals surface area contributed by atoms with Crippen molar-refractivity contribution in [3.63, 3.8) is 0 Å². The SMILES string of the molecule is Cc1c(Cl)cccc1NC(=O)[C@@H]1CCCc2ccccc21. The number of carbonyl (C=O) groups excluding carboxylic acids is 1. The van der Waals surface area contributed by atoms with E-state index in [1.807, 2.05) is 37.3 Å². The van der Waals surface area contributed by atoms with E-state index >= 15 is 0 Å². The highest BCUT2D eigenvalue weighted by Gasteiger charge is 2.26. The van der Waals surface area contributed by atoms with E-state index in [1.165, 1.54) is 11.1 Å². The molecule has 0 heterocycles. The van der Waals surface area contributed by atoms with Crippen LogP contribution < -0.4 is 5.32 Å². The predicted molar refractivity (Wildman–Crippen MR) is 86.9 cm³/mol. The highest BCUT2D eigenvalue weighted by molar-refractivity contribution is 6.31. The summed E-state index contributed by atoms with van der Waals surface area (Å²) in [6, 6.07) is 13.8. The van der Waals surface area contributed by atoms with Gasteiger partial charge in [-0.25, -0.2) is 0 Å². The van der Waals surface area contributed by atoms with Crippen molar-refractivity contribution < 1.29 is 4.79 Å². The number of hydrogen-bond acceptors (Lipinski definition) is 1. The van der Waals surface area contributed by atoms with Gasteiger partial charge in [0, 0.05) is 10.7 Å². The lowest BCUT2D eigenvalue weighted by molar-refractivity contribution is -0.117. The van der Waals surface area contributed by atoms with Crippen LogP contribution in [0.3, 0.4) is 0 Å². The molecular weight excluding hydrogens is 282 g/mol. The maximum absolute atomic E-state index is 12.6. The van der Waals surface area contributed by atoms with Crippen molar-refractivity contribution in [3.05, 3.63) is 64.2 Å². The summed E-state index contributed by atoms with van der Waals surface area (Å²) >= 11 is 6.11. The van der Waals surface area contributed by atoms with Crippen LogP contribution >= 0.6 is 11.6 Å². The van der Waals surface area contributed by atoms with Crippen LogP contribution in [0.15, 0.2) is 42.5 Å². The lowest BCUT2D eigenvalue weighted by atomic mass is 9.82. The molecule has 0 unspecified atom stereocenters. The first-order valence-electron chi connectivity index (χ1n) is 7.30. The van der Waals surface area contributed by atoms with Crippen LogP contribution in [0.1, 0.15) is 35.4 Å². The van der Waals surface area contributed by atoms with Gasteiger partial charge in [0.05, 0.1) is 5.92 Å². The van der Waals surface area contributed by atoms with Gasteiger partial charge in [0.1, 0.15) is 0 Å². The molecule has 1 atom stereocenters. The maximum Gasteiger partial charge on any atom is 0.231 e. The van der Waals surface area contributed by atoms with E-state index in [0.29, 0.717) is 5.02 Å². The normalized spacial score (nSPS) is 17.1. The third-order valence-corrected chi connectivity index (χ3v) is 4.62. The van der Waals surface area contributed by atoms with Gasteiger partial charge in [-0.15, -0.1) is 0 Å². The van der Waals surface area contributed by atoms with Crippen molar-refractivity contribution in [2.75, 3.05) is 5.32 Å². The summed E-state index contributed by atoms with van der Waals surface area (Å²) in [5.41, 5.74) is 4.18. The van der Waals surface area contributed by atoms with Gasteiger partial charge in [0.2, 0.25) is 5.91 Å². The summed E-state index contributed by atoms with van der Waals surface area (Å²) in [5.74, 6) is 0.000785. The Balaban J connectivity index is 1.85. The summed E-state index contributed by atoms with van der Waals surface area (Å²) < 4.78 is 0. The van der Waals surface area contributed by atoms with Gasteiger partial charge in [-0.3, -0.25) is 4.79 Å². The summed E-state index contributed by atoms with van der Waals surface area (Å²) in [7, 11) is 0. The van der Waals surface area contributed by atoms with Crippen LogP contribution in [-0.4, -0.2) is 5.91 Å². The number of amides is 1. The molecule has 2 nitrogen and oxygen atoms in total. The molecule has 1 N–H and O–H groups in total. The van der Waals surface area contributed by atoms with Crippen LogP contribution in [0.5, 0.6) is 0 Å². The van der Waals surface area contributed by atoms with Gasteiger partial charge >= 0.3 is 0 Å². The van der Waals surface area contributed by atoms with Gasteiger partial charge in [0.15, 0.2) is 0 Å². The fourth-order valence-corrected chi connectivity index (χ4v) is 3.16. The number of carbonyl (C=O) groups is 1. The Kier molecular flexibility index (Phi) is 3.98. The monoisotopic (exact) mass is 299 g/mol. The minimum Gasteiger partial charge on any atom is -0.325 e. The smallest absolute Gasteiger partial charge is 0.231 e. The molecule has 0 aromatic heterocycles. The molecule has 0 bridgehead atoms. The van der Waals surface area contributed by atoms with E-state index < -0.39 is 0 Å². The minimum absolute atomic E-state index is 0.0617. The largest absolute Gasteiger partial charge is 0.325 e. The van der Waals surface area contributed by atoms with E-state index in [0.717, 1.165) is 30.5 Å². The second-order valence-electron chi connectivity index (χ2n) is 5.55. The summed E-state index contributed by atoms with van der Waals surface area (Å²) in [6.45, 7) is 1.92. The lowest BCUT2D eigenvalue weighted by Crippen LogP contribution is -2.25. The molecule has 0 spiro atoms. The number of halogens is 1. The Morgan fingerprint density at radius 1 is 1.19 bits per heavy atom. The number of fused-ring (bicyclic) bond motifs is 1. The number of anilines is 1. The second-order valence-corrected chi connectivity index (χ2v) is 5.95. The molecule has 2 aromatic rings. The highest BCUT2D eigenvalue weighted by Crippen LogP contribution is 2.33. The van der Waals surface area contributed by atoms with Crippen LogP contribution in [0.2, 0.25) is 5.02 Å². The first-order valence-corrected chi connectivity index (χ1v) is 7.68. The van der Waals surface area contributed by atoms with E-state index in [1.54, 1.807) is 0 Å². The molecule has 3 rings (SSSR count). The zero-order valence-electron chi connectivity index (χ0n) is 12.0. The number of aryl methyl sites for hydroxylation is 1. The quantitative estimate of drug-likeness (QED) is 0.855. The second kappa shape index (κ2) is 5.90. The van der Waals surface area contributed by atoms with E-state index in [-0.39, 0.29) is 11.8 Å². The molecule has 108 valence electrons. The third-order valence-electron chi connectivity index (χ3n) is 4.21. The molecule has 1 aliphatic rings. The van der Waals surface area contributed by atoms with E-state index in [9.17, 15) is 4.79 Å². The van der Waals surface area contributed by atoms with Crippen LogP contribution in [0.4, 0.5) is 5.69 Å². The zero-order chi connectivity index (χ0) is 14.8. The molecule has 1 amide bonds. The first kappa shape index (κ1) is 14.2. The molecule has 0 fully saturated rings. The van der Waals surface area contributed by atoms with Gasteiger partial charge < -0.3 is 5.32 Å². The van der Waals surface area contributed by atoms with Crippen LogP contribution in [0, 0.1) is 6.92 Å². The summed E-state index contributed by atoms with van der Waals surface area (Å²) in [6.07, 6.45) is 3.03. The van der Waals surface area contributed by atoms with Crippen LogP contribution in [0.25, 0.3) is 0 Å². The Bertz CT molecular complexity index is 681.